The highest BCUT2D eigenvalue weighted by molar-refractivity contribution is 9.10. The van der Waals surface area contributed by atoms with Crippen molar-refractivity contribution in [2.45, 2.75) is 18.7 Å². The summed E-state index contributed by atoms with van der Waals surface area (Å²) in [6.45, 7) is 5.48. The van der Waals surface area contributed by atoms with Crippen molar-refractivity contribution in [3.05, 3.63) is 28.2 Å². The molecule has 18 heavy (non-hydrogen) atoms. The predicted molar refractivity (Wildman–Crippen MR) is 87.8 cm³/mol. The lowest BCUT2D eigenvalue weighted by Gasteiger charge is -2.26. The Bertz CT molecular complexity index is 367. The minimum atomic E-state index is 0.888. The van der Waals surface area contributed by atoms with Crippen LogP contribution in [-0.4, -0.2) is 38.6 Å². The van der Waals surface area contributed by atoms with Crippen LogP contribution >= 0.6 is 31.9 Å². The molecule has 1 aromatic carbocycles. The molecule has 0 atom stereocenters. The standard InChI is InChI=1S/C14H22Br2N2/c1-4-7-18(9-8-17(2)3)13-6-5-12(11-15)14(16)10-13/h5-6,10H,4,7-9,11H2,1-3H3. The highest BCUT2D eigenvalue weighted by Crippen LogP contribution is 2.25. The third-order valence-corrected chi connectivity index (χ3v) is 4.20. The first-order valence-corrected chi connectivity index (χ1v) is 8.24. The molecule has 0 radical (unpaired) electrons. The number of benzene rings is 1. The topological polar surface area (TPSA) is 6.48 Å². The highest BCUT2D eigenvalue weighted by Gasteiger charge is 2.08. The molecule has 2 nitrogen and oxygen atoms in total. The quantitative estimate of drug-likeness (QED) is 0.659. The summed E-state index contributed by atoms with van der Waals surface area (Å²) in [5.41, 5.74) is 2.60. The third-order valence-electron chi connectivity index (χ3n) is 2.86. The van der Waals surface area contributed by atoms with Crippen molar-refractivity contribution in [3.8, 4) is 0 Å². The van der Waals surface area contributed by atoms with Crippen LogP contribution in [0.1, 0.15) is 18.9 Å². The third kappa shape index (κ3) is 4.90. The number of hydrogen-bond donors (Lipinski definition) is 0. The summed E-state index contributed by atoms with van der Waals surface area (Å²) in [6.07, 6.45) is 1.17. The van der Waals surface area contributed by atoms with Crippen LogP contribution in [0.15, 0.2) is 22.7 Å². The van der Waals surface area contributed by atoms with Gasteiger partial charge in [0.1, 0.15) is 0 Å². The van der Waals surface area contributed by atoms with Gasteiger partial charge in [0.2, 0.25) is 0 Å². The average Bonchev–Trinajstić information content (AvgIpc) is 2.34. The molecule has 0 N–H and O–H groups in total. The smallest absolute Gasteiger partial charge is 0.0378 e. The van der Waals surface area contributed by atoms with E-state index in [-0.39, 0.29) is 0 Å². The van der Waals surface area contributed by atoms with Crippen molar-refractivity contribution in [3.63, 3.8) is 0 Å². The van der Waals surface area contributed by atoms with E-state index in [2.05, 4.69) is 80.9 Å². The van der Waals surface area contributed by atoms with E-state index >= 15 is 0 Å². The Hall–Kier alpha value is -0.0600. The van der Waals surface area contributed by atoms with Gasteiger partial charge in [0.15, 0.2) is 0 Å². The Labute approximate surface area is 128 Å². The fourth-order valence-corrected chi connectivity index (χ4v) is 3.17. The number of alkyl halides is 1. The van der Waals surface area contributed by atoms with Gasteiger partial charge in [-0.3, -0.25) is 0 Å². The number of rotatable bonds is 7. The molecule has 0 aliphatic carbocycles. The van der Waals surface area contributed by atoms with E-state index in [1.807, 2.05) is 0 Å². The molecule has 0 saturated carbocycles. The molecule has 4 heteroatoms. The molecule has 0 aliphatic rings. The lowest BCUT2D eigenvalue weighted by Crippen LogP contribution is -2.32. The van der Waals surface area contributed by atoms with Gasteiger partial charge in [-0.1, -0.05) is 44.8 Å². The summed E-state index contributed by atoms with van der Waals surface area (Å²) in [5, 5.41) is 0.888. The van der Waals surface area contributed by atoms with E-state index in [4.69, 9.17) is 0 Å². The van der Waals surface area contributed by atoms with Gasteiger partial charge in [-0.05, 0) is 38.2 Å². The molecular weight excluding hydrogens is 356 g/mol. The molecule has 0 saturated heterocycles. The molecule has 102 valence electrons. The predicted octanol–water partition coefficient (Wildman–Crippen LogP) is 4.12. The number of anilines is 1. The average molecular weight is 378 g/mol. The van der Waals surface area contributed by atoms with Crippen LogP contribution in [0.5, 0.6) is 0 Å². The van der Waals surface area contributed by atoms with Gasteiger partial charge in [0, 0.05) is 35.1 Å². The minimum absolute atomic E-state index is 0.888. The SMILES string of the molecule is CCCN(CCN(C)C)c1ccc(CBr)c(Br)c1. The Morgan fingerprint density at radius 1 is 1.11 bits per heavy atom. The van der Waals surface area contributed by atoms with Gasteiger partial charge < -0.3 is 9.80 Å². The molecule has 0 bridgehead atoms. The Kier molecular flexibility index (Phi) is 7.27. The van der Waals surface area contributed by atoms with Crippen molar-refractivity contribution in [2.75, 3.05) is 38.6 Å². The highest BCUT2D eigenvalue weighted by atomic mass is 79.9. The molecule has 0 amide bonds. The summed E-state index contributed by atoms with van der Waals surface area (Å²) in [6, 6.07) is 6.63. The monoisotopic (exact) mass is 376 g/mol. The first-order chi connectivity index (χ1) is 8.58. The summed E-state index contributed by atoms with van der Waals surface area (Å²) in [7, 11) is 4.24. The lowest BCUT2D eigenvalue weighted by atomic mass is 10.2. The molecular formula is C14H22Br2N2. The summed E-state index contributed by atoms with van der Waals surface area (Å²) < 4.78 is 1.18. The van der Waals surface area contributed by atoms with Crippen molar-refractivity contribution in [1.29, 1.82) is 0 Å². The fraction of sp³-hybridized carbons (Fsp3) is 0.571. The Morgan fingerprint density at radius 2 is 1.83 bits per heavy atom. The fourth-order valence-electron chi connectivity index (χ4n) is 1.80. The normalized spacial score (nSPS) is 11.0. The zero-order valence-corrected chi connectivity index (χ0v) is 14.6. The van der Waals surface area contributed by atoms with E-state index in [0.29, 0.717) is 0 Å². The van der Waals surface area contributed by atoms with E-state index in [0.717, 1.165) is 25.0 Å². The van der Waals surface area contributed by atoms with E-state index in [9.17, 15) is 0 Å². The van der Waals surface area contributed by atoms with Crippen LogP contribution in [-0.2, 0) is 5.33 Å². The maximum Gasteiger partial charge on any atom is 0.0378 e. The zero-order chi connectivity index (χ0) is 13.5. The zero-order valence-electron chi connectivity index (χ0n) is 11.4. The summed E-state index contributed by atoms with van der Waals surface area (Å²) >= 11 is 7.14. The Balaban J connectivity index is 2.81. The van der Waals surface area contributed by atoms with Gasteiger partial charge in [-0.25, -0.2) is 0 Å². The van der Waals surface area contributed by atoms with Gasteiger partial charge in [0.25, 0.3) is 0 Å². The van der Waals surface area contributed by atoms with Crippen LogP contribution < -0.4 is 4.90 Å². The molecule has 0 unspecified atom stereocenters. The first kappa shape index (κ1) is 16.0. The number of likely N-dealkylation sites (N-methyl/N-ethyl adjacent to an activating group) is 1. The van der Waals surface area contributed by atoms with E-state index in [1.54, 1.807) is 0 Å². The van der Waals surface area contributed by atoms with E-state index < -0.39 is 0 Å². The molecule has 0 heterocycles. The van der Waals surface area contributed by atoms with Gasteiger partial charge in [-0.2, -0.15) is 0 Å². The largest absolute Gasteiger partial charge is 0.370 e. The Morgan fingerprint density at radius 3 is 2.33 bits per heavy atom. The van der Waals surface area contributed by atoms with Crippen LogP contribution in [0, 0.1) is 0 Å². The molecule has 1 aromatic rings. The molecule has 0 fully saturated rings. The number of halogens is 2. The van der Waals surface area contributed by atoms with Gasteiger partial charge in [0.05, 0.1) is 0 Å². The first-order valence-electron chi connectivity index (χ1n) is 6.32. The maximum absolute atomic E-state index is 3.64. The molecule has 0 aromatic heterocycles. The van der Waals surface area contributed by atoms with Crippen LogP contribution in [0.25, 0.3) is 0 Å². The second kappa shape index (κ2) is 8.18. The summed E-state index contributed by atoms with van der Waals surface area (Å²) in [4.78, 5) is 4.67. The van der Waals surface area contributed by atoms with Gasteiger partial charge >= 0.3 is 0 Å². The van der Waals surface area contributed by atoms with Crippen molar-refractivity contribution in [2.24, 2.45) is 0 Å². The summed E-state index contributed by atoms with van der Waals surface area (Å²) in [5.74, 6) is 0. The number of nitrogens with zero attached hydrogens (tertiary/aromatic N) is 2. The van der Waals surface area contributed by atoms with E-state index in [1.165, 1.54) is 22.1 Å². The van der Waals surface area contributed by atoms with Gasteiger partial charge in [-0.15, -0.1) is 0 Å². The second-order valence-corrected chi connectivity index (χ2v) is 6.11. The lowest BCUT2D eigenvalue weighted by molar-refractivity contribution is 0.413. The van der Waals surface area contributed by atoms with Crippen molar-refractivity contribution >= 4 is 37.5 Å². The maximum atomic E-state index is 3.64. The second-order valence-electron chi connectivity index (χ2n) is 4.70. The van der Waals surface area contributed by atoms with Crippen molar-refractivity contribution in [1.82, 2.24) is 4.90 Å². The van der Waals surface area contributed by atoms with Crippen LogP contribution in [0.2, 0.25) is 0 Å². The molecule has 0 spiro atoms. The molecule has 1 rings (SSSR count). The number of hydrogen-bond acceptors (Lipinski definition) is 2. The van der Waals surface area contributed by atoms with Crippen molar-refractivity contribution < 1.29 is 0 Å². The van der Waals surface area contributed by atoms with Crippen LogP contribution in [0.3, 0.4) is 0 Å². The van der Waals surface area contributed by atoms with Crippen LogP contribution in [0.4, 0.5) is 5.69 Å². The minimum Gasteiger partial charge on any atom is -0.370 e. The molecule has 0 aliphatic heterocycles.